The molecule has 1 aromatic rings. The highest BCUT2D eigenvalue weighted by Crippen LogP contribution is 2.17. The predicted octanol–water partition coefficient (Wildman–Crippen LogP) is 2.02. The summed E-state index contributed by atoms with van der Waals surface area (Å²) in [6, 6.07) is 5.15. The van der Waals surface area contributed by atoms with Crippen molar-refractivity contribution in [2.24, 2.45) is 0 Å². The molecular formula is C13H19NO3. The van der Waals surface area contributed by atoms with Gasteiger partial charge in [-0.3, -0.25) is 0 Å². The fraction of sp³-hybridized carbons (Fsp3) is 0.462. The summed E-state index contributed by atoms with van der Waals surface area (Å²) in [4.78, 5) is 13.0. The van der Waals surface area contributed by atoms with Gasteiger partial charge in [0, 0.05) is 6.54 Å². The van der Waals surface area contributed by atoms with Crippen LogP contribution in [0.2, 0.25) is 0 Å². The molecule has 0 amide bonds. The molecule has 0 spiro atoms. The molecule has 0 aliphatic rings. The number of ether oxygens (including phenoxy) is 1. The molecular weight excluding hydrogens is 218 g/mol. The molecule has 0 heterocycles. The van der Waals surface area contributed by atoms with Crippen LogP contribution < -0.4 is 4.74 Å². The van der Waals surface area contributed by atoms with E-state index in [1.54, 1.807) is 25.1 Å². The summed E-state index contributed by atoms with van der Waals surface area (Å²) in [6.45, 7) is 3.33. The number of rotatable bonds is 6. The quantitative estimate of drug-likeness (QED) is 0.769. The number of aromatic carboxylic acids is 1. The van der Waals surface area contributed by atoms with E-state index in [0.717, 1.165) is 18.5 Å². The Morgan fingerprint density at radius 3 is 2.71 bits per heavy atom. The highest BCUT2D eigenvalue weighted by atomic mass is 16.5. The second-order valence-corrected chi connectivity index (χ2v) is 4.29. The lowest BCUT2D eigenvalue weighted by atomic mass is 10.1. The Morgan fingerprint density at radius 2 is 2.12 bits per heavy atom. The van der Waals surface area contributed by atoms with Crippen molar-refractivity contribution in [3.05, 3.63) is 29.3 Å². The second-order valence-electron chi connectivity index (χ2n) is 4.29. The maximum Gasteiger partial charge on any atom is 0.336 e. The van der Waals surface area contributed by atoms with Crippen molar-refractivity contribution in [3.8, 4) is 5.75 Å². The van der Waals surface area contributed by atoms with Gasteiger partial charge in [-0.15, -0.1) is 0 Å². The van der Waals surface area contributed by atoms with E-state index in [1.165, 1.54) is 0 Å². The van der Waals surface area contributed by atoms with Crippen LogP contribution in [0.15, 0.2) is 18.2 Å². The molecule has 0 aliphatic heterocycles. The molecule has 0 aromatic heterocycles. The zero-order valence-corrected chi connectivity index (χ0v) is 10.6. The van der Waals surface area contributed by atoms with Crippen LogP contribution in [-0.4, -0.2) is 43.2 Å². The lowest BCUT2D eigenvalue weighted by Crippen LogP contribution is -2.15. The van der Waals surface area contributed by atoms with E-state index in [2.05, 4.69) is 4.90 Å². The standard InChI is InChI=1S/C13H19NO3/c1-10-5-6-11(9-12(10)13(15)16)17-8-4-7-14(2)3/h5-6,9H,4,7-8H2,1-3H3,(H,15,16). The third kappa shape index (κ3) is 4.44. The average Bonchev–Trinajstić information content (AvgIpc) is 2.25. The zero-order chi connectivity index (χ0) is 12.8. The van der Waals surface area contributed by atoms with E-state index < -0.39 is 5.97 Å². The van der Waals surface area contributed by atoms with Crippen molar-refractivity contribution < 1.29 is 14.6 Å². The van der Waals surface area contributed by atoms with Crippen molar-refractivity contribution in [1.82, 2.24) is 4.90 Å². The Labute approximate surface area is 102 Å². The number of carboxylic acids is 1. The number of benzene rings is 1. The molecule has 0 aliphatic carbocycles. The van der Waals surface area contributed by atoms with Gasteiger partial charge in [0.15, 0.2) is 0 Å². The van der Waals surface area contributed by atoms with E-state index in [9.17, 15) is 4.79 Å². The summed E-state index contributed by atoms with van der Waals surface area (Å²) in [5.74, 6) is -0.298. The Morgan fingerprint density at radius 1 is 1.41 bits per heavy atom. The number of aryl methyl sites for hydroxylation is 1. The van der Waals surface area contributed by atoms with Crippen LogP contribution in [0.1, 0.15) is 22.3 Å². The summed E-state index contributed by atoms with van der Waals surface area (Å²) < 4.78 is 5.51. The maximum atomic E-state index is 10.9. The number of hydrogen-bond donors (Lipinski definition) is 1. The third-order valence-corrected chi connectivity index (χ3v) is 2.46. The van der Waals surface area contributed by atoms with Gasteiger partial charge in [0.05, 0.1) is 12.2 Å². The SMILES string of the molecule is Cc1ccc(OCCCN(C)C)cc1C(=O)O. The minimum Gasteiger partial charge on any atom is -0.494 e. The molecule has 0 saturated heterocycles. The largest absolute Gasteiger partial charge is 0.494 e. The van der Waals surface area contributed by atoms with Crippen LogP contribution in [0, 0.1) is 6.92 Å². The first-order valence-corrected chi connectivity index (χ1v) is 5.62. The smallest absolute Gasteiger partial charge is 0.336 e. The molecule has 0 atom stereocenters. The minimum absolute atomic E-state index is 0.301. The summed E-state index contributed by atoms with van der Waals surface area (Å²) in [6.07, 6.45) is 0.920. The van der Waals surface area contributed by atoms with E-state index in [0.29, 0.717) is 17.9 Å². The Balaban J connectivity index is 2.54. The highest BCUT2D eigenvalue weighted by molar-refractivity contribution is 5.89. The van der Waals surface area contributed by atoms with Crippen LogP contribution in [0.3, 0.4) is 0 Å². The van der Waals surface area contributed by atoms with Gasteiger partial charge in [-0.2, -0.15) is 0 Å². The van der Waals surface area contributed by atoms with Crippen molar-refractivity contribution >= 4 is 5.97 Å². The lowest BCUT2D eigenvalue weighted by molar-refractivity contribution is 0.0695. The van der Waals surface area contributed by atoms with Crippen LogP contribution in [0.25, 0.3) is 0 Å². The van der Waals surface area contributed by atoms with Gasteiger partial charge in [0.1, 0.15) is 5.75 Å². The normalized spacial score (nSPS) is 10.6. The van der Waals surface area contributed by atoms with Gasteiger partial charge in [-0.1, -0.05) is 6.07 Å². The molecule has 0 bridgehead atoms. The van der Waals surface area contributed by atoms with Crippen molar-refractivity contribution in [2.45, 2.75) is 13.3 Å². The predicted molar refractivity (Wildman–Crippen MR) is 66.8 cm³/mol. The summed E-state index contributed by atoms with van der Waals surface area (Å²) in [7, 11) is 4.02. The first kappa shape index (κ1) is 13.5. The lowest BCUT2D eigenvalue weighted by Gasteiger charge is -2.11. The van der Waals surface area contributed by atoms with E-state index in [-0.39, 0.29) is 0 Å². The molecule has 4 nitrogen and oxygen atoms in total. The molecule has 1 N–H and O–H groups in total. The van der Waals surface area contributed by atoms with Crippen molar-refractivity contribution in [2.75, 3.05) is 27.2 Å². The monoisotopic (exact) mass is 237 g/mol. The molecule has 94 valence electrons. The van der Waals surface area contributed by atoms with Crippen LogP contribution >= 0.6 is 0 Å². The molecule has 0 radical (unpaired) electrons. The first-order chi connectivity index (χ1) is 8.00. The Bertz CT molecular complexity index is 388. The molecule has 4 heteroatoms. The number of nitrogens with zero attached hydrogens (tertiary/aromatic N) is 1. The van der Waals surface area contributed by atoms with Gasteiger partial charge < -0.3 is 14.7 Å². The third-order valence-electron chi connectivity index (χ3n) is 2.46. The van der Waals surface area contributed by atoms with Crippen LogP contribution in [0.5, 0.6) is 5.75 Å². The summed E-state index contributed by atoms with van der Waals surface area (Å²) >= 11 is 0. The van der Waals surface area contributed by atoms with Gasteiger partial charge >= 0.3 is 5.97 Å². The van der Waals surface area contributed by atoms with E-state index >= 15 is 0 Å². The molecule has 1 aromatic carbocycles. The number of carboxylic acid groups (broad SMARTS) is 1. The zero-order valence-electron chi connectivity index (χ0n) is 10.6. The Hall–Kier alpha value is -1.55. The van der Waals surface area contributed by atoms with Crippen molar-refractivity contribution in [3.63, 3.8) is 0 Å². The molecule has 0 unspecified atom stereocenters. The number of hydrogen-bond acceptors (Lipinski definition) is 3. The van der Waals surface area contributed by atoms with Gasteiger partial charge in [-0.25, -0.2) is 4.79 Å². The summed E-state index contributed by atoms with van der Waals surface area (Å²) in [5, 5.41) is 8.97. The van der Waals surface area contributed by atoms with E-state index in [4.69, 9.17) is 9.84 Å². The topological polar surface area (TPSA) is 49.8 Å². The second kappa shape index (κ2) is 6.25. The molecule has 0 fully saturated rings. The molecule has 1 rings (SSSR count). The maximum absolute atomic E-state index is 10.9. The molecule has 17 heavy (non-hydrogen) atoms. The summed E-state index contributed by atoms with van der Waals surface area (Å²) in [5.41, 5.74) is 1.05. The molecule has 0 saturated carbocycles. The highest BCUT2D eigenvalue weighted by Gasteiger charge is 2.08. The number of carbonyl (C=O) groups is 1. The average molecular weight is 237 g/mol. The van der Waals surface area contributed by atoms with Gasteiger partial charge in [0.25, 0.3) is 0 Å². The minimum atomic E-state index is -0.916. The first-order valence-electron chi connectivity index (χ1n) is 5.62. The van der Waals surface area contributed by atoms with Crippen LogP contribution in [0.4, 0.5) is 0 Å². The van der Waals surface area contributed by atoms with Gasteiger partial charge in [-0.05, 0) is 45.1 Å². The van der Waals surface area contributed by atoms with Crippen molar-refractivity contribution in [1.29, 1.82) is 0 Å². The van der Waals surface area contributed by atoms with E-state index in [1.807, 2.05) is 14.1 Å². The van der Waals surface area contributed by atoms with Gasteiger partial charge in [0.2, 0.25) is 0 Å². The fourth-order valence-corrected chi connectivity index (χ4v) is 1.49. The fourth-order valence-electron chi connectivity index (χ4n) is 1.49. The Kier molecular flexibility index (Phi) is 4.97. The van der Waals surface area contributed by atoms with Crippen LogP contribution in [-0.2, 0) is 0 Å².